The van der Waals surface area contributed by atoms with Crippen LogP contribution < -0.4 is 4.90 Å². The van der Waals surface area contributed by atoms with Crippen LogP contribution >= 0.6 is 11.6 Å². The first-order chi connectivity index (χ1) is 17.9. The monoisotopic (exact) mass is 564 g/mol. The molecule has 12 heteroatoms. The zero-order valence-electron chi connectivity index (χ0n) is 20.6. The molecule has 1 aromatic heterocycles. The molecule has 200 valence electrons. The van der Waals surface area contributed by atoms with Crippen LogP contribution in [-0.4, -0.2) is 60.1 Å². The van der Waals surface area contributed by atoms with Gasteiger partial charge in [-0.05, 0) is 37.6 Å². The lowest BCUT2D eigenvalue weighted by Crippen LogP contribution is -2.68. The molecule has 38 heavy (non-hydrogen) atoms. The number of aromatic nitrogens is 2. The highest BCUT2D eigenvalue weighted by atomic mass is 35.5. The molecule has 0 bridgehead atoms. The minimum Gasteiger partial charge on any atom is -0.369 e. The van der Waals surface area contributed by atoms with Gasteiger partial charge in [-0.3, -0.25) is 9.48 Å². The molecule has 0 aliphatic carbocycles. The van der Waals surface area contributed by atoms with Gasteiger partial charge in [-0.15, -0.1) is 0 Å². The van der Waals surface area contributed by atoms with Crippen molar-refractivity contribution in [1.29, 1.82) is 0 Å². The van der Waals surface area contributed by atoms with Gasteiger partial charge in [0, 0.05) is 49.3 Å². The Morgan fingerprint density at radius 1 is 1.05 bits per heavy atom. The second kappa shape index (κ2) is 8.47. The largest absolute Gasteiger partial charge is 0.369 e. The van der Waals surface area contributed by atoms with Gasteiger partial charge >= 0.3 is 0 Å². The lowest BCUT2D eigenvalue weighted by atomic mass is 9.82. The second-order valence-electron chi connectivity index (χ2n) is 10.6. The first-order valence-electron chi connectivity index (χ1n) is 12.1. The number of carbonyl (C=O) groups is 1. The van der Waals surface area contributed by atoms with Crippen LogP contribution in [0.3, 0.4) is 0 Å². The molecular weight excluding hydrogens is 541 g/mol. The predicted molar refractivity (Wildman–Crippen MR) is 136 cm³/mol. The molecule has 1 amide bonds. The number of aryl methyl sites for hydroxylation is 1. The molecule has 2 saturated heterocycles. The predicted octanol–water partition coefficient (Wildman–Crippen LogP) is 4.15. The van der Waals surface area contributed by atoms with Gasteiger partial charge in [0.1, 0.15) is 17.5 Å². The number of nitrogens with zero attached hydrogens (tertiary/aromatic N) is 4. The molecule has 6 rings (SSSR count). The van der Waals surface area contributed by atoms with Crippen molar-refractivity contribution in [2.24, 2.45) is 12.5 Å². The zero-order valence-corrected chi connectivity index (χ0v) is 22.2. The number of hydrogen-bond donors (Lipinski definition) is 0. The van der Waals surface area contributed by atoms with Crippen LogP contribution in [0.25, 0.3) is 11.3 Å². The van der Waals surface area contributed by atoms with Gasteiger partial charge < -0.3 is 9.80 Å². The average Bonchev–Trinajstić information content (AvgIpc) is 3.13. The Morgan fingerprint density at radius 2 is 1.68 bits per heavy atom. The standard InChI is InChI=1S/C26H24ClF3N4O3S/c1-14-23-19(24(32(2)31-23)15-5-16(28)7-17(29)6-15)3-4-34(14)25(35)20-8-18(30)9-21(22(20)27)33-10-26(11-33)12-38(36,37)13-26/h5-9,14H,3-4,10-13H2,1-2H3/t14-/m0/s1. The molecule has 0 radical (unpaired) electrons. The van der Waals surface area contributed by atoms with Crippen LogP contribution in [0.1, 0.15) is 34.6 Å². The zero-order chi connectivity index (χ0) is 27.1. The Bertz CT molecular complexity index is 1580. The van der Waals surface area contributed by atoms with Crippen molar-refractivity contribution in [3.63, 3.8) is 0 Å². The Kier molecular flexibility index (Phi) is 5.63. The summed E-state index contributed by atoms with van der Waals surface area (Å²) in [6.07, 6.45) is 0.385. The Morgan fingerprint density at radius 3 is 2.32 bits per heavy atom. The highest BCUT2D eigenvalue weighted by molar-refractivity contribution is 7.92. The van der Waals surface area contributed by atoms with Gasteiger partial charge in [0.2, 0.25) is 0 Å². The van der Waals surface area contributed by atoms with Crippen LogP contribution in [0.4, 0.5) is 18.9 Å². The molecule has 1 spiro atoms. The van der Waals surface area contributed by atoms with E-state index in [1.165, 1.54) is 18.2 Å². The topological polar surface area (TPSA) is 75.5 Å². The normalized spacial score (nSPS) is 21.2. The third kappa shape index (κ3) is 3.98. The number of anilines is 1. The Labute approximate surface area is 222 Å². The van der Waals surface area contributed by atoms with Crippen molar-refractivity contribution in [3.05, 3.63) is 69.6 Å². The number of fused-ring (bicyclic) bond motifs is 1. The first-order valence-corrected chi connectivity index (χ1v) is 14.3. The molecule has 3 aliphatic heterocycles. The van der Waals surface area contributed by atoms with Gasteiger partial charge in [0.05, 0.1) is 45.2 Å². The quantitative estimate of drug-likeness (QED) is 0.478. The molecule has 0 N–H and O–H groups in total. The fourth-order valence-electron chi connectivity index (χ4n) is 6.20. The third-order valence-corrected chi connectivity index (χ3v) is 10.2. The Balaban J connectivity index is 1.28. The molecule has 3 aromatic rings. The number of hydrogen-bond acceptors (Lipinski definition) is 5. The Hall–Kier alpha value is -3.05. The summed E-state index contributed by atoms with van der Waals surface area (Å²) in [5.41, 5.74) is 2.38. The van der Waals surface area contributed by atoms with E-state index in [4.69, 9.17) is 11.6 Å². The highest BCUT2D eigenvalue weighted by Gasteiger charge is 2.56. The van der Waals surface area contributed by atoms with E-state index in [1.54, 1.807) is 28.5 Å². The van der Waals surface area contributed by atoms with Crippen LogP contribution in [0.5, 0.6) is 0 Å². The van der Waals surface area contributed by atoms with Crippen LogP contribution in [0, 0.1) is 22.9 Å². The summed E-state index contributed by atoms with van der Waals surface area (Å²) >= 11 is 6.63. The number of benzene rings is 2. The van der Waals surface area contributed by atoms with E-state index < -0.39 is 39.2 Å². The van der Waals surface area contributed by atoms with Crippen molar-refractivity contribution in [2.45, 2.75) is 19.4 Å². The van der Waals surface area contributed by atoms with Gasteiger partial charge in [-0.1, -0.05) is 11.6 Å². The van der Waals surface area contributed by atoms with Gasteiger partial charge in [0.25, 0.3) is 5.91 Å². The van der Waals surface area contributed by atoms with Gasteiger partial charge in [-0.25, -0.2) is 21.6 Å². The maximum absolute atomic E-state index is 14.7. The van der Waals surface area contributed by atoms with Crippen molar-refractivity contribution in [3.8, 4) is 11.3 Å². The molecular formula is C26H24ClF3N4O3S. The molecule has 3 aliphatic rings. The number of sulfone groups is 1. The number of halogens is 4. The van der Waals surface area contributed by atoms with Gasteiger partial charge in [0.15, 0.2) is 9.84 Å². The molecule has 2 aromatic carbocycles. The van der Waals surface area contributed by atoms with Crippen molar-refractivity contribution in [2.75, 3.05) is 36.0 Å². The van der Waals surface area contributed by atoms with Crippen molar-refractivity contribution in [1.82, 2.24) is 14.7 Å². The molecule has 2 fully saturated rings. The summed E-state index contributed by atoms with van der Waals surface area (Å²) in [6.45, 7) is 2.94. The number of rotatable bonds is 3. The van der Waals surface area contributed by atoms with Crippen LogP contribution in [0.2, 0.25) is 5.02 Å². The SMILES string of the molecule is C[C@H]1c2nn(C)c(-c3cc(F)cc(F)c3)c2CCN1C(=O)c1cc(F)cc(N2CC3(C2)CS(=O)(=O)C3)c1Cl. The maximum Gasteiger partial charge on any atom is 0.256 e. The molecule has 0 unspecified atom stereocenters. The minimum absolute atomic E-state index is 0.0162. The summed E-state index contributed by atoms with van der Waals surface area (Å²) in [4.78, 5) is 17.0. The van der Waals surface area contributed by atoms with Crippen LogP contribution in [0.15, 0.2) is 30.3 Å². The summed E-state index contributed by atoms with van der Waals surface area (Å²) < 4.78 is 67.3. The third-order valence-electron chi connectivity index (χ3n) is 7.73. The number of amides is 1. The van der Waals surface area contributed by atoms with E-state index in [0.717, 1.165) is 17.7 Å². The summed E-state index contributed by atoms with van der Waals surface area (Å²) in [5.74, 6) is -2.25. The lowest BCUT2D eigenvalue weighted by molar-refractivity contribution is 0.0673. The smallest absolute Gasteiger partial charge is 0.256 e. The summed E-state index contributed by atoms with van der Waals surface area (Å²) in [7, 11) is -1.32. The minimum atomic E-state index is -3.00. The molecule has 7 nitrogen and oxygen atoms in total. The maximum atomic E-state index is 14.7. The van der Waals surface area contributed by atoms with E-state index in [9.17, 15) is 26.4 Å². The van der Waals surface area contributed by atoms with E-state index in [2.05, 4.69) is 5.10 Å². The molecule has 1 atom stereocenters. The fraction of sp³-hybridized carbons (Fsp3) is 0.385. The highest BCUT2D eigenvalue weighted by Crippen LogP contribution is 2.46. The van der Waals surface area contributed by atoms with Crippen molar-refractivity contribution < 1.29 is 26.4 Å². The van der Waals surface area contributed by atoms with E-state index >= 15 is 0 Å². The molecule has 4 heterocycles. The van der Waals surface area contributed by atoms with E-state index in [0.29, 0.717) is 42.1 Å². The number of carbonyl (C=O) groups excluding carboxylic acids is 1. The second-order valence-corrected chi connectivity index (χ2v) is 13.0. The average molecular weight is 565 g/mol. The van der Waals surface area contributed by atoms with Gasteiger partial charge in [-0.2, -0.15) is 5.10 Å². The lowest BCUT2D eigenvalue weighted by Gasteiger charge is -2.56. The fourth-order valence-corrected chi connectivity index (χ4v) is 8.65. The van der Waals surface area contributed by atoms with Crippen LogP contribution in [-0.2, 0) is 23.3 Å². The summed E-state index contributed by atoms with van der Waals surface area (Å²) in [6, 6.07) is 5.17. The summed E-state index contributed by atoms with van der Waals surface area (Å²) in [5, 5.41) is 4.67. The first kappa shape index (κ1) is 25.2. The van der Waals surface area contributed by atoms with Crippen molar-refractivity contribution >= 4 is 33.0 Å². The molecule has 0 saturated carbocycles. The van der Waals surface area contributed by atoms with E-state index in [1.807, 2.05) is 0 Å². The van der Waals surface area contributed by atoms with E-state index in [-0.39, 0.29) is 34.1 Å².